The van der Waals surface area contributed by atoms with Crippen molar-refractivity contribution in [3.8, 4) is 44.5 Å². The third-order valence-corrected chi connectivity index (χ3v) is 13.7. The zero-order valence-electron chi connectivity index (χ0n) is 38.1. The molecule has 2 nitrogen and oxygen atoms in total. The molecule has 0 fully saturated rings. The molecule has 0 atom stereocenters. The molecule has 69 heavy (non-hydrogen) atoms. The Labute approximate surface area is 405 Å². The number of rotatable bonds is 11. The summed E-state index contributed by atoms with van der Waals surface area (Å²) < 4.78 is 0. The summed E-state index contributed by atoms with van der Waals surface area (Å²) in [6, 6.07) is 106. The lowest BCUT2D eigenvalue weighted by molar-refractivity contribution is 0.768. The monoisotopic (exact) mass is 880 g/mol. The van der Waals surface area contributed by atoms with E-state index in [9.17, 15) is 0 Å². The molecular formula is C67H48N2. The summed E-state index contributed by atoms with van der Waals surface area (Å²) in [4.78, 5) is 4.79. The highest BCUT2D eigenvalue weighted by Crippen LogP contribution is 2.58. The Morgan fingerprint density at radius 3 is 0.826 bits per heavy atom. The van der Waals surface area contributed by atoms with E-state index in [1.807, 2.05) is 0 Å². The molecule has 2 heteroatoms. The Kier molecular flexibility index (Phi) is 10.8. The fraction of sp³-hybridized carbons (Fsp3) is 0.0149. The van der Waals surface area contributed by atoms with Crippen molar-refractivity contribution in [2.24, 2.45) is 0 Å². The maximum Gasteiger partial charge on any atom is 0.0715 e. The molecular weight excluding hydrogens is 833 g/mol. The summed E-state index contributed by atoms with van der Waals surface area (Å²) in [6.07, 6.45) is 0. The van der Waals surface area contributed by atoms with Crippen molar-refractivity contribution in [3.05, 3.63) is 313 Å². The molecule has 0 saturated carbocycles. The van der Waals surface area contributed by atoms with Crippen molar-refractivity contribution >= 4 is 34.1 Å². The van der Waals surface area contributed by atoms with Gasteiger partial charge < -0.3 is 9.80 Å². The molecule has 0 N–H and O–H groups in total. The molecule has 0 aliphatic heterocycles. The fourth-order valence-corrected chi connectivity index (χ4v) is 10.5. The Hall–Kier alpha value is -8.98. The van der Waals surface area contributed by atoms with Gasteiger partial charge in [-0.3, -0.25) is 0 Å². The molecule has 0 saturated heterocycles. The molecule has 0 bridgehead atoms. The summed E-state index contributed by atoms with van der Waals surface area (Å²) in [5, 5.41) is 0. The van der Waals surface area contributed by atoms with E-state index >= 15 is 0 Å². The third kappa shape index (κ3) is 7.59. The van der Waals surface area contributed by atoms with Gasteiger partial charge in [0.2, 0.25) is 0 Å². The zero-order chi connectivity index (χ0) is 46.0. The predicted octanol–water partition coefficient (Wildman–Crippen LogP) is 18.0. The normalized spacial score (nSPS) is 12.2. The van der Waals surface area contributed by atoms with Gasteiger partial charge in [-0.25, -0.2) is 0 Å². The molecule has 1 aliphatic carbocycles. The Bertz CT molecular complexity index is 3310. The molecule has 0 aromatic heterocycles. The van der Waals surface area contributed by atoms with Crippen LogP contribution in [0.1, 0.15) is 22.3 Å². The molecule has 0 amide bonds. The maximum atomic E-state index is 2.46. The van der Waals surface area contributed by atoms with E-state index in [4.69, 9.17) is 0 Å². The minimum atomic E-state index is -0.688. The van der Waals surface area contributed by atoms with E-state index < -0.39 is 5.41 Å². The zero-order valence-corrected chi connectivity index (χ0v) is 38.1. The molecule has 326 valence electrons. The van der Waals surface area contributed by atoms with Crippen LogP contribution in [0, 0.1) is 0 Å². The predicted molar refractivity (Wildman–Crippen MR) is 289 cm³/mol. The van der Waals surface area contributed by atoms with Gasteiger partial charge in [0, 0.05) is 34.1 Å². The lowest BCUT2D eigenvalue weighted by atomic mass is 9.67. The smallest absolute Gasteiger partial charge is 0.0715 e. The van der Waals surface area contributed by atoms with Crippen LogP contribution in [0.4, 0.5) is 34.1 Å². The minimum absolute atomic E-state index is 0.688. The van der Waals surface area contributed by atoms with Crippen molar-refractivity contribution in [2.75, 3.05) is 9.80 Å². The van der Waals surface area contributed by atoms with Crippen LogP contribution < -0.4 is 9.80 Å². The van der Waals surface area contributed by atoms with Gasteiger partial charge in [-0.05, 0) is 140 Å². The lowest BCUT2D eigenvalue weighted by Gasteiger charge is -2.36. The van der Waals surface area contributed by atoms with Gasteiger partial charge in [0.1, 0.15) is 0 Å². The average molecular weight is 881 g/mol. The number of para-hydroxylation sites is 2. The minimum Gasteiger partial charge on any atom is -0.310 e. The van der Waals surface area contributed by atoms with Gasteiger partial charge in [0.15, 0.2) is 0 Å². The standard InChI is InChI=1S/C67H48N2/c1-7-19-49(20-8-1)52-31-37-56(38-32-52)67(55-25-13-4-14-26-55)65-47-61(68(57-27-15-5-16-28-57)59-39-33-53(34-40-59)50-21-9-2-10-22-50)43-45-63(65)64-46-44-62(48-66(64)67)69(58-29-17-6-18-30-58)60-41-35-54(36-42-60)51-23-11-3-12-24-51/h1-48H. The first kappa shape index (κ1) is 41.5. The van der Waals surface area contributed by atoms with Gasteiger partial charge in [0.25, 0.3) is 0 Å². The number of nitrogens with zero attached hydrogens (tertiary/aromatic N) is 2. The van der Waals surface area contributed by atoms with E-state index in [0.717, 1.165) is 34.1 Å². The van der Waals surface area contributed by atoms with Crippen LogP contribution in [0.25, 0.3) is 44.5 Å². The lowest BCUT2D eigenvalue weighted by Crippen LogP contribution is -2.29. The molecule has 1 aliphatic rings. The number of benzene rings is 11. The van der Waals surface area contributed by atoms with Crippen molar-refractivity contribution in [1.29, 1.82) is 0 Å². The summed E-state index contributed by atoms with van der Waals surface area (Å²) in [5.41, 5.74) is 20.4. The van der Waals surface area contributed by atoms with Gasteiger partial charge in [0.05, 0.1) is 5.41 Å². The summed E-state index contributed by atoms with van der Waals surface area (Å²) >= 11 is 0. The van der Waals surface area contributed by atoms with E-state index in [2.05, 4.69) is 301 Å². The van der Waals surface area contributed by atoms with Crippen molar-refractivity contribution in [2.45, 2.75) is 5.41 Å². The third-order valence-electron chi connectivity index (χ3n) is 13.7. The average Bonchev–Trinajstić information content (AvgIpc) is 3.73. The molecule has 0 radical (unpaired) electrons. The number of hydrogen-bond acceptors (Lipinski definition) is 2. The van der Waals surface area contributed by atoms with Gasteiger partial charge in [-0.1, -0.05) is 218 Å². The highest BCUT2D eigenvalue weighted by atomic mass is 15.1. The van der Waals surface area contributed by atoms with Crippen LogP contribution in [0.15, 0.2) is 291 Å². The van der Waals surface area contributed by atoms with Gasteiger partial charge in [-0.2, -0.15) is 0 Å². The second kappa shape index (κ2) is 18.0. The van der Waals surface area contributed by atoms with Crippen LogP contribution >= 0.6 is 0 Å². The topological polar surface area (TPSA) is 6.48 Å². The molecule has 0 heterocycles. The van der Waals surface area contributed by atoms with E-state index in [-0.39, 0.29) is 0 Å². The number of fused-ring (bicyclic) bond motifs is 3. The molecule has 12 rings (SSSR count). The van der Waals surface area contributed by atoms with E-state index in [0.29, 0.717) is 0 Å². The first-order chi connectivity index (χ1) is 34.2. The first-order valence-electron chi connectivity index (χ1n) is 23.7. The molecule has 0 spiro atoms. The Morgan fingerprint density at radius 2 is 0.464 bits per heavy atom. The fourth-order valence-electron chi connectivity index (χ4n) is 10.5. The first-order valence-corrected chi connectivity index (χ1v) is 23.7. The maximum absolute atomic E-state index is 2.46. The molecule has 11 aromatic carbocycles. The van der Waals surface area contributed by atoms with Crippen molar-refractivity contribution in [1.82, 2.24) is 0 Å². The van der Waals surface area contributed by atoms with Crippen LogP contribution in [0.5, 0.6) is 0 Å². The highest BCUT2D eigenvalue weighted by molar-refractivity contribution is 5.92. The SMILES string of the molecule is c1ccc(-c2ccc(N(c3ccccc3)c3ccc4c(c3)C(c3ccccc3)(c3ccc(-c5ccccc5)cc3)c3cc(N(c5ccccc5)c5ccc(-c6ccccc6)cc5)ccc3-4)cc2)cc1. The Morgan fingerprint density at radius 1 is 0.203 bits per heavy atom. The summed E-state index contributed by atoms with van der Waals surface area (Å²) in [6.45, 7) is 0. The second-order valence-corrected chi connectivity index (χ2v) is 17.7. The molecule has 0 unspecified atom stereocenters. The number of anilines is 6. The van der Waals surface area contributed by atoms with E-state index in [1.54, 1.807) is 0 Å². The second-order valence-electron chi connectivity index (χ2n) is 17.7. The van der Waals surface area contributed by atoms with Gasteiger partial charge in [-0.15, -0.1) is 0 Å². The Balaban J connectivity index is 1.08. The van der Waals surface area contributed by atoms with Crippen LogP contribution in [-0.2, 0) is 5.41 Å². The van der Waals surface area contributed by atoms with E-state index in [1.165, 1.54) is 66.8 Å². The highest BCUT2D eigenvalue weighted by Gasteiger charge is 2.47. The van der Waals surface area contributed by atoms with Crippen LogP contribution in [0.2, 0.25) is 0 Å². The molecule has 11 aromatic rings. The summed E-state index contributed by atoms with van der Waals surface area (Å²) in [7, 11) is 0. The van der Waals surface area contributed by atoms with Crippen LogP contribution in [-0.4, -0.2) is 0 Å². The summed E-state index contributed by atoms with van der Waals surface area (Å²) in [5.74, 6) is 0. The quantitative estimate of drug-likeness (QED) is 0.128. The number of hydrogen-bond donors (Lipinski definition) is 0. The van der Waals surface area contributed by atoms with Crippen molar-refractivity contribution in [3.63, 3.8) is 0 Å². The van der Waals surface area contributed by atoms with Crippen molar-refractivity contribution < 1.29 is 0 Å². The largest absolute Gasteiger partial charge is 0.310 e. The van der Waals surface area contributed by atoms with Gasteiger partial charge >= 0.3 is 0 Å². The van der Waals surface area contributed by atoms with Crippen LogP contribution in [0.3, 0.4) is 0 Å².